The minimum atomic E-state index is -3.58. The molecule has 33 heavy (non-hydrogen) atoms. The predicted octanol–water partition coefficient (Wildman–Crippen LogP) is 5.18. The van der Waals surface area contributed by atoms with E-state index < -0.39 is 15.8 Å². The molecule has 1 heterocycles. The van der Waals surface area contributed by atoms with Gasteiger partial charge in [-0.2, -0.15) is 4.31 Å². The molecule has 1 saturated carbocycles. The van der Waals surface area contributed by atoms with Crippen LogP contribution in [0.2, 0.25) is 0 Å². The van der Waals surface area contributed by atoms with Gasteiger partial charge in [-0.25, -0.2) is 8.42 Å². The van der Waals surface area contributed by atoms with Crippen molar-refractivity contribution in [2.75, 3.05) is 18.4 Å². The van der Waals surface area contributed by atoms with E-state index in [9.17, 15) is 13.2 Å². The number of amides is 1. The van der Waals surface area contributed by atoms with Crippen LogP contribution in [-0.4, -0.2) is 37.5 Å². The average molecular weight is 473 g/mol. The number of carbonyl (C=O) groups is 1. The second-order valence-electron chi connectivity index (χ2n) is 8.72. The van der Waals surface area contributed by atoms with Crippen molar-refractivity contribution in [1.82, 2.24) is 4.31 Å². The van der Waals surface area contributed by atoms with E-state index in [4.69, 9.17) is 9.47 Å². The molecule has 1 fully saturated rings. The fraction of sp³-hybridized carbons (Fsp3) is 0.480. The van der Waals surface area contributed by atoms with Gasteiger partial charge in [-0.1, -0.05) is 20.3 Å². The first-order chi connectivity index (χ1) is 15.9. The van der Waals surface area contributed by atoms with Crippen LogP contribution < -0.4 is 14.8 Å². The lowest BCUT2D eigenvalue weighted by Crippen LogP contribution is -2.40. The molecule has 0 bridgehead atoms. The molecule has 2 aromatic carbocycles. The topological polar surface area (TPSA) is 84.9 Å². The van der Waals surface area contributed by atoms with Crippen LogP contribution in [0.3, 0.4) is 0 Å². The Balaban J connectivity index is 1.44. The average Bonchev–Trinajstić information content (AvgIpc) is 3.15. The summed E-state index contributed by atoms with van der Waals surface area (Å²) in [6, 6.07) is 11.5. The fourth-order valence-electron chi connectivity index (χ4n) is 4.45. The van der Waals surface area contributed by atoms with Gasteiger partial charge in [-0.05, 0) is 62.1 Å². The number of benzene rings is 2. The fourth-order valence-corrected chi connectivity index (χ4v) is 6.07. The Hall–Kier alpha value is -2.58. The summed E-state index contributed by atoms with van der Waals surface area (Å²) in [5, 5.41) is 2.87. The quantitative estimate of drug-likeness (QED) is 0.572. The van der Waals surface area contributed by atoms with Crippen molar-refractivity contribution in [3.05, 3.63) is 48.0 Å². The third-order valence-electron chi connectivity index (χ3n) is 6.11. The predicted molar refractivity (Wildman–Crippen MR) is 127 cm³/mol. The Labute approximate surface area is 196 Å². The van der Waals surface area contributed by atoms with Crippen molar-refractivity contribution in [1.29, 1.82) is 0 Å². The van der Waals surface area contributed by atoms with Gasteiger partial charge >= 0.3 is 0 Å². The first kappa shape index (κ1) is 23.6. The van der Waals surface area contributed by atoms with Crippen molar-refractivity contribution in [2.45, 2.75) is 69.5 Å². The minimum Gasteiger partial charge on any atom is -0.448 e. The number of nitrogens with one attached hydrogen (secondary N) is 1. The van der Waals surface area contributed by atoms with E-state index in [-0.39, 0.29) is 10.8 Å². The standard InChI is InChI=1S/C25H32N2O5S/c1-3-16-27(17-4-2)33(29,30)21-11-8-19(9-12-21)24(28)26-20-10-13-22-23(18-20)32-25(31-22)14-6-5-7-15-25/h8-13,18H,3-7,14-17H2,1-2H3,(H,26,28). The Kier molecular flexibility index (Phi) is 6.95. The second-order valence-corrected chi connectivity index (χ2v) is 10.7. The smallest absolute Gasteiger partial charge is 0.255 e. The Bertz CT molecular complexity index is 1090. The molecule has 1 aliphatic heterocycles. The second kappa shape index (κ2) is 9.73. The number of rotatable bonds is 8. The lowest BCUT2D eigenvalue weighted by atomic mass is 9.94. The van der Waals surface area contributed by atoms with E-state index in [1.54, 1.807) is 24.3 Å². The highest BCUT2D eigenvalue weighted by atomic mass is 32.2. The monoisotopic (exact) mass is 472 g/mol. The molecular weight excluding hydrogens is 440 g/mol. The zero-order valence-corrected chi connectivity index (χ0v) is 20.1. The Morgan fingerprint density at radius 2 is 1.58 bits per heavy atom. The maximum atomic E-state index is 12.9. The molecular formula is C25H32N2O5S. The van der Waals surface area contributed by atoms with Gasteiger partial charge in [0.1, 0.15) is 0 Å². The minimum absolute atomic E-state index is 0.196. The maximum Gasteiger partial charge on any atom is 0.255 e. The van der Waals surface area contributed by atoms with E-state index in [1.807, 2.05) is 19.9 Å². The van der Waals surface area contributed by atoms with Crippen LogP contribution in [0, 0.1) is 0 Å². The van der Waals surface area contributed by atoms with Crippen LogP contribution in [-0.2, 0) is 10.0 Å². The van der Waals surface area contributed by atoms with E-state index in [0.29, 0.717) is 35.8 Å². The van der Waals surface area contributed by atoms with Gasteiger partial charge in [0.25, 0.3) is 11.7 Å². The summed E-state index contributed by atoms with van der Waals surface area (Å²) in [6.07, 6.45) is 6.59. The summed E-state index contributed by atoms with van der Waals surface area (Å²) in [4.78, 5) is 13.0. The summed E-state index contributed by atoms with van der Waals surface area (Å²) >= 11 is 0. The third-order valence-corrected chi connectivity index (χ3v) is 8.02. The van der Waals surface area contributed by atoms with E-state index in [0.717, 1.165) is 38.5 Å². The number of nitrogens with zero attached hydrogens (tertiary/aromatic N) is 1. The van der Waals surface area contributed by atoms with Crippen LogP contribution in [0.4, 0.5) is 5.69 Å². The molecule has 0 atom stereocenters. The number of ether oxygens (including phenoxy) is 2. The molecule has 0 unspecified atom stereocenters. The lowest BCUT2D eigenvalue weighted by Gasteiger charge is -2.31. The molecule has 1 amide bonds. The number of anilines is 1. The Morgan fingerprint density at radius 3 is 2.21 bits per heavy atom. The molecule has 8 heteroatoms. The van der Waals surface area contributed by atoms with Gasteiger partial charge in [0.15, 0.2) is 11.5 Å². The highest BCUT2D eigenvalue weighted by Gasteiger charge is 2.42. The molecule has 178 valence electrons. The first-order valence-electron chi connectivity index (χ1n) is 11.8. The summed E-state index contributed by atoms with van der Waals surface area (Å²) in [6.45, 7) is 4.86. The zero-order valence-electron chi connectivity index (χ0n) is 19.3. The van der Waals surface area contributed by atoms with Crippen molar-refractivity contribution in [2.24, 2.45) is 0 Å². The third kappa shape index (κ3) is 5.01. The molecule has 1 spiro atoms. The van der Waals surface area contributed by atoms with E-state index >= 15 is 0 Å². The first-order valence-corrected chi connectivity index (χ1v) is 13.2. The molecule has 1 aliphatic carbocycles. The SMILES string of the molecule is CCCN(CCC)S(=O)(=O)c1ccc(C(=O)Nc2ccc3c(c2)OC2(CCCCC2)O3)cc1. The number of hydrogen-bond acceptors (Lipinski definition) is 5. The van der Waals surface area contributed by atoms with Gasteiger partial charge in [0.05, 0.1) is 4.90 Å². The highest BCUT2D eigenvalue weighted by Crippen LogP contribution is 2.46. The molecule has 0 radical (unpaired) electrons. The number of fused-ring (bicyclic) bond motifs is 1. The van der Waals surface area contributed by atoms with Gasteiger partial charge in [-0.15, -0.1) is 0 Å². The van der Waals surface area contributed by atoms with Crippen LogP contribution >= 0.6 is 0 Å². The number of carbonyl (C=O) groups excluding carboxylic acids is 1. The highest BCUT2D eigenvalue weighted by molar-refractivity contribution is 7.89. The summed E-state index contributed by atoms with van der Waals surface area (Å²) in [5.41, 5.74) is 0.983. The van der Waals surface area contributed by atoms with E-state index in [2.05, 4.69) is 5.32 Å². The normalized spacial score (nSPS) is 16.8. The molecule has 0 aromatic heterocycles. The van der Waals surface area contributed by atoms with Crippen LogP contribution in [0.25, 0.3) is 0 Å². The van der Waals surface area contributed by atoms with Crippen molar-refractivity contribution in [3.8, 4) is 11.5 Å². The van der Waals surface area contributed by atoms with Gasteiger partial charge in [0.2, 0.25) is 10.0 Å². The van der Waals surface area contributed by atoms with Gasteiger partial charge in [0, 0.05) is 43.2 Å². The van der Waals surface area contributed by atoms with Crippen LogP contribution in [0.5, 0.6) is 11.5 Å². The maximum absolute atomic E-state index is 12.9. The summed E-state index contributed by atoms with van der Waals surface area (Å²) < 4.78 is 39.6. The molecule has 4 rings (SSSR count). The van der Waals surface area contributed by atoms with Crippen LogP contribution in [0.15, 0.2) is 47.4 Å². The molecule has 2 aromatic rings. The van der Waals surface area contributed by atoms with Gasteiger partial charge in [-0.3, -0.25) is 4.79 Å². The summed E-state index contributed by atoms with van der Waals surface area (Å²) in [7, 11) is -3.58. The van der Waals surface area contributed by atoms with Gasteiger partial charge < -0.3 is 14.8 Å². The lowest BCUT2D eigenvalue weighted by molar-refractivity contribution is -0.105. The zero-order chi connectivity index (χ0) is 23.5. The molecule has 2 aliphatic rings. The van der Waals surface area contributed by atoms with Crippen LogP contribution in [0.1, 0.15) is 69.2 Å². The largest absolute Gasteiger partial charge is 0.448 e. The molecule has 0 saturated heterocycles. The number of hydrogen-bond donors (Lipinski definition) is 1. The Morgan fingerprint density at radius 1 is 0.939 bits per heavy atom. The van der Waals surface area contributed by atoms with Crippen molar-refractivity contribution in [3.63, 3.8) is 0 Å². The molecule has 1 N–H and O–H groups in total. The number of sulfonamides is 1. The summed E-state index contributed by atoms with van der Waals surface area (Å²) in [5.74, 6) is 0.467. The molecule has 7 nitrogen and oxygen atoms in total. The van der Waals surface area contributed by atoms with E-state index in [1.165, 1.54) is 22.9 Å². The van der Waals surface area contributed by atoms with Crippen molar-refractivity contribution < 1.29 is 22.7 Å². The van der Waals surface area contributed by atoms with Crippen molar-refractivity contribution >= 4 is 21.6 Å².